The molecule has 174 valence electrons. The number of aryl methyl sites for hydroxylation is 1. The number of rotatable bonds is 3. The summed E-state index contributed by atoms with van der Waals surface area (Å²) in [6.45, 7) is 3.96. The summed E-state index contributed by atoms with van der Waals surface area (Å²) in [7, 11) is 0. The van der Waals surface area contributed by atoms with Crippen LogP contribution in [-0.2, 0) is 9.53 Å². The van der Waals surface area contributed by atoms with Crippen LogP contribution >= 0.6 is 0 Å². The summed E-state index contributed by atoms with van der Waals surface area (Å²) in [6, 6.07) is 5.54. The molecule has 0 bridgehead atoms. The van der Waals surface area contributed by atoms with E-state index < -0.39 is 12.1 Å². The molecule has 2 saturated heterocycles. The zero-order valence-electron chi connectivity index (χ0n) is 17.2. The first-order chi connectivity index (χ1) is 15.1. The average molecular weight is 456 g/mol. The number of hydrogen-bond donors (Lipinski definition) is 2. The number of nitrogens with zero attached hydrogens (tertiary/aromatic N) is 3. The Kier molecular flexibility index (Phi) is 7.33. The molecule has 12 heteroatoms. The van der Waals surface area contributed by atoms with Gasteiger partial charge in [0, 0.05) is 25.6 Å². The number of aromatic nitrogens is 2. The number of amides is 1. The van der Waals surface area contributed by atoms with Crippen molar-refractivity contribution in [3.8, 4) is 0 Å². The second-order valence-electron chi connectivity index (χ2n) is 7.57. The van der Waals surface area contributed by atoms with E-state index in [2.05, 4.69) is 15.5 Å². The molecule has 32 heavy (non-hydrogen) atoms. The number of aliphatic carboxylic acids is 1. The molecule has 4 heterocycles. The van der Waals surface area contributed by atoms with E-state index in [0.717, 1.165) is 25.1 Å². The van der Waals surface area contributed by atoms with Crippen LogP contribution in [0.5, 0.6) is 0 Å². The van der Waals surface area contributed by atoms with Crippen molar-refractivity contribution in [3.63, 3.8) is 0 Å². The van der Waals surface area contributed by atoms with Crippen LogP contribution in [0.25, 0.3) is 0 Å². The van der Waals surface area contributed by atoms with Gasteiger partial charge in [-0.2, -0.15) is 18.3 Å². The molecule has 0 aliphatic carbocycles. The van der Waals surface area contributed by atoms with Gasteiger partial charge in [0.05, 0.1) is 29.7 Å². The normalized spacial score (nSPS) is 22.9. The monoisotopic (exact) mass is 456 g/mol. The number of furan rings is 1. The molecule has 2 aromatic heterocycles. The van der Waals surface area contributed by atoms with Gasteiger partial charge in [-0.15, -0.1) is 5.10 Å². The largest absolute Gasteiger partial charge is 0.490 e. The van der Waals surface area contributed by atoms with Crippen LogP contribution in [0.4, 0.5) is 19.0 Å². The molecule has 1 amide bonds. The summed E-state index contributed by atoms with van der Waals surface area (Å²) in [4.78, 5) is 23.5. The number of fused-ring (bicyclic) bond motifs is 1. The van der Waals surface area contributed by atoms with E-state index in [1.54, 1.807) is 6.07 Å². The Labute approximate surface area is 181 Å². The summed E-state index contributed by atoms with van der Waals surface area (Å²) in [6.07, 6.45) is 0.134. The molecule has 3 atom stereocenters. The highest BCUT2D eigenvalue weighted by molar-refractivity contribution is 5.94. The van der Waals surface area contributed by atoms with E-state index in [-0.39, 0.29) is 18.1 Å². The number of hydrogen-bond acceptors (Lipinski definition) is 7. The zero-order valence-corrected chi connectivity index (χ0v) is 17.2. The number of piperidine rings is 1. The highest BCUT2D eigenvalue weighted by Crippen LogP contribution is 2.30. The zero-order chi connectivity index (χ0) is 23.3. The molecule has 0 spiro atoms. The predicted octanol–water partition coefficient (Wildman–Crippen LogP) is 2.74. The van der Waals surface area contributed by atoms with E-state index in [9.17, 15) is 18.0 Å². The summed E-state index contributed by atoms with van der Waals surface area (Å²) in [5.74, 6) is -1.72. The van der Waals surface area contributed by atoms with Gasteiger partial charge in [-0.3, -0.25) is 4.79 Å². The second-order valence-corrected chi connectivity index (χ2v) is 7.57. The number of carbonyl (C=O) groups is 2. The SMILES string of the molecule is Cc1ccc(N[C@@H]2CN(C(=O)c3ccoc3)C[C@@H]3CCCO[C@@H]32)nn1.O=C(O)C(F)(F)F. The summed E-state index contributed by atoms with van der Waals surface area (Å²) < 4.78 is 42.8. The molecule has 0 unspecified atom stereocenters. The molecular weight excluding hydrogens is 433 g/mol. The van der Waals surface area contributed by atoms with Gasteiger partial charge in [0.15, 0.2) is 0 Å². The van der Waals surface area contributed by atoms with Gasteiger partial charge >= 0.3 is 12.1 Å². The molecule has 2 aliphatic heterocycles. The number of halogens is 3. The fourth-order valence-electron chi connectivity index (χ4n) is 3.73. The molecule has 4 rings (SSSR count). The van der Waals surface area contributed by atoms with Gasteiger partial charge in [0.1, 0.15) is 12.1 Å². The Hall–Kier alpha value is -3.15. The standard InChI is InChI=1S/C18H22N4O3.C2HF3O2/c1-12-4-5-16(21-20-12)19-15-10-22(18(23)14-6-8-24-11-14)9-13-3-2-7-25-17(13)15;3-2(4,5)1(6)7/h4-6,8,11,13,15,17H,2-3,7,9-10H2,1H3,(H,19,21);(H,6,7)/t13-,15+,17-;/m0./s1. The highest BCUT2D eigenvalue weighted by atomic mass is 19.4. The number of carbonyl (C=O) groups excluding carboxylic acids is 1. The number of alkyl halides is 3. The van der Waals surface area contributed by atoms with Crippen molar-refractivity contribution in [2.24, 2.45) is 5.92 Å². The van der Waals surface area contributed by atoms with Crippen molar-refractivity contribution in [1.82, 2.24) is 15.1 Å². The van der Waals surface area contributed by atoms with E-state index in [4.69, 9.17) is 19.1 Å². The maximum Gasteiger partial charge on any atom is 0.490 e. The Morgan fingerprint density at radius 1 is 1.22 bits per heavy atom. The first-order valence-corrected chi connectivity index (χ1v) is 9.95. The lowest BCUT2D eigenvalue weighted by Gasteiger charge is -2.46. The van der Waals surface area contributed by atoms with Crippen LogP contribution in [0.3, 0.4) is 0 Å². The Morgan fingerprint density at radius 3 is 2.56 bits per heavy atom. The van der Waals surface area contributed by atoms with E-state index in [1.165, 1.54) is 12.5 Å². The average Bonchev–Trinajstić information content (AvgIpc) is 3.29. The molecular formula is C20H23F3N4O5. The molecule has 0 aromatic carbocycles. The fraction of sp³-hybridized carbons (Fsp3) is 0.500. The summed E-state index contributed by atoms with van der Waals surface area (Å²) >= 11 is 0. The quantitative estimate of drug-likeness (QED) is 0.724. The lowest BCUT2D eigenvalue weighted by atomic mass is 9.85. The minimum Gasteiger partial charge on any atom is -0.475 e. The second kappa shape index (κ2) is 9.98. The number of anilines is 1. The van der Waals surface area contributed by atoms with Gasteiger partial charge in [0.25, 0.3) is 5.91 Å². The molecule has 2 fully saturated rings. The van der Waals surface area contributed by atoms with Crippen molar-refractivity contribution in [3.05, 3.63) is 42.0 Å². The predicted molar refractivity (Wildman–Crippen MR) is 105 cm³/mol. The molecule has 2 aliphatic rings. The Bertz CT molecular complexity index is 905. The minimum absolute atomic E-state index is 0.000404. The highest BCUT2D eigenvalue weighted by Gasteiger charge is 2.41. The molecule has 0 radical (unpaired) electrons. The smallest absolute Gasteiger partial charge is 0.475 e. The maximum atomic E-state index is 12.7. The fourth-order valence-corrected chi connectivity index (χ4v) is 3.73. The van der Waals surface area contributed by atoms with Crippen LogP contribution < -0.4 is 5.32 Å². The lowest BCUT2D eigenvalue weighted by molar-refractivity contribution is -0.192. The van der Waals surface area contributed by atoms with Crippen molar-refractivity contribution in [1.29, 1.82) is 0 Å². The van der Waals surface area contributed by atoms with Crippen molar-refractivity contribution < 1.29 is 37.0 Å². The Morgan fingerprint density at radius 2 is 1.97 bits per heavy atom. The van der Waals surface area contributed by atoms with Crippen molar-refractivity contribution in [2.75, 3.05) is 25.0 Å². The molecule has 2 N–H and O–H groups in total. The number of likely N-dealkylation sites (tertiary alicyclic amines) is 1. The number of carboxylic acid groups (broad SMARTS) is 1. The van der Waals surface area contributed by atoms with E-state index >= 15 is 0 Å². The minimum atomic E-state index is -5.08. The topological polar surface area (TPSA) is 118 Å². The van der Waals surface area contributed by atoms with Crippen LogP contribution in [0, 0.1) is 12.8 Å². The summed E-state index contributed by atoms with van der Waals surface area (Å²) in [5, 5.41) is 18.8. The van der Waals surface area contributed by atoms with Gasteiger partial charge in [-0.1, -0.05) is 0 Å². The van der Waals surface area contributed by atoms with Crippen LogP contribution in [-0.4, -0.2) is 70.1 Å². The number of ether oxygens (including phenoxy) is 1. The number of nitrogens with one attached hydrogen (secondary N) is 1. The van der Waals surface area contributed by atoms with Crippen LogP contribution in [0.1, 0.15) is 28.9 Å². The third-order valence-electron chi connectivity index (χ3n) is 5.19. The lowest BCUT2D eigenvalue weighted by Crippen LogP contribution is -2.59. The number of carboxylic acids is 1. The van der Waals surface area contributed by atoms with Crippen LogP contribution in [0.15, 0.2) is 35.1 Å². The maximum absolute atomic E-state index is 12.7. The van der Waals surface area contributed by atoms with Gasteiger partial charge < -0.3 is 24.5 Å². The van der Waals surface area contributed by atoms with Crippen molar-refractivity contribution in [2.45, 2.75) is 38.1 Å². The van der Waals surface area contributed by atoms with Gasteiger partial charge in [0.2, 0.25) is 0 Å². The van der Waals surface area contributed by atoms with Crippen molar-refractivity contribution >= 4 is 17.7 Å². The third-order valence-corrected chi connectivity index (χ3v) is 5.19. The first kappa shape index (κ1) is 23.5. The summed E-state index contributed by atoms with van der Waals surface area (Å²) in [5.41, 5.74) is 1.46. The first-order valence-electron chi connectivity index (χ1n) is 9.95. The van der Waals surface area contributed by atoms with Gasteiger partial charge in [-0.25, -0.2) is 4.79 Å². The third kappa shape index (κ3) is 5.96. The van der Waals surface area contributed by atoms with E-state index in [0.29, 0.717) is 30.4 Å². The Balaban J connectivity index is 0.000000360. The van der Waals surface area contributed by atoms with Crippen LogP contribution in [0.2, 0.25) is 0 Å². The molecule has 9 nitrogen and oxygen atoms in total. The van der Waals surface area contributed by atoms with Gasteiger partial charge in [-0.05, 0) is 38.0 Å². The molecule has 2 aromatic rings. The molecule has 0 saturated carbocycles. The van der Waals surface area contributed by atoms with E-state index in [1.807, 2.05) is 24.0 Å².